The molecule has 1 heterocycles. The molecule has 1 aromatic heterocycles. The van der Waals surface area contributed by atoms with Crippen molar-refractivity contribution in [3.8, 4) is 0 Å². The number of amides is 1. The quantitative estimate of drug-likeness (QED) is 0.836. The lowest BCUT2D eigenvalue weighted by Gasteiger charge is -2.19. The van der Waals surface area contributed by atoms with Gasteiger partial charge in [0.15, 0.2) is 11.0 Å². The van der Waals surface area contributed by atoms with Crippen LogP contribution in [0.1, 0.15) is 36.7 Å². The predicted molar refractivity (Wildman–Crippen MR) is 85.1 cm³/mol. The summed E-state index contributed by atoms with van der Waals surface area (Å²) < 4.78 is 0. The van der Waals surface area contributed by atoms with E-state index in [9.17, 15) is 4.79 Å². The van der Waals surface area contributed by atoms with Gasteiger partial charge in [-0.25, -0.2) is 9.97 Å². The first-order valence-corrected chi connectivity index (χ1v) is 7.12. The monoisotopic (exact) mass is 323 g/mol. The molecular weight excluding hydrogens is 309 g/mol. The number of aromatic nitrogens is 2. The number of halogens is 2. The molecule has 0 atom stereocenters. The third-order valence-corrected chi connectivity index (χ3v) is 3.73. The van der Waals surface area contributed by atoms with Gasteiger partial charge < -0.3 is 5.32 Å². The second kappa shape index (κ2) is 6.00. The number of hydrogen-bond donors (Lipinski definition) is 1. The first-order chi connectivity index (χ1) is 9.79. The van der Waals surface area contributed by atoms with E-state index in [1.165, 1.54) is 6.33 Å². The van der Waals surface area contributed by atoms with Crippen molar-refractivity contribution < 1.29 is 4.79 Å². The van der Waals surface area contributed by atoms with E-state index in [0.717, 1.165) is 5.56 Å². The molecule has 0 unspecified atom stereocenters. The molecule has 1 amide bonds. The average Bonchev–Trinajstić information content (AvgIpc) is 2.43. The summed E-state index contributed by atoms with van der Waals surface area (Å²) in [4.78, 5) is 19.8. The molecule has 0 aliphatic heterocycles. The molecule has 0 fully saturated rings. The van der Waals surface area contributed by atoms with Gasteiger partial charge in [0, 0.05) is 5.56 Å². The molecule has 0 bridgehead atoms. The van der Waals surface area contributed by atoms with E-state index in [1.807, 2.05) is 12.1 Å². The lowest BCUT2D eigenvalue weighted by atomic mass is 9.87. The largest absolute Gasteiger partial charge is 0.305 e. The Bertz CT molecular complexity index is 664. The summed E-state index contributed by atoms with van der Waals surface area (Å²) in [5, 5.41) is 2.84. The fourth-order valence-electron chi connectivity index (χ4n) is 1.74. The van der Waals surface area contributed by atoms with Crippen LogP contribution in [0.25, 0.3) is 0 Å². The Morgan fingerprint density at radius 2 is 1.71 bits per heavy atom. The SMILES string of the molecule is CC(C)(C)c1ccc(C(=O)Nc2ncnc(Cl)c2Cl)cc1. The lowest BCUT2D eigenvalue weighted by molar-refractivity contribution is 0.102. The van der Waals surface area contributed by atoms with Crippen molar-refractivity contribution in [1.29, 1.82) is 0 Å². The first kappa shape index (κ1) is 15.7. The summed E-state index contributed by atoms with van der Waals surface area (Å²) in [5.41, 5.74) is 1.72. The Hall–Kier alpha value is -1.65. The normalized spacial score (nSPS) is 11.3. The summed E-state index contributed by atoms with van der Waals surface area (Å²) in [5.74, 6) is -0.103. The van der Waals surface area contributed by atoms with Crippen LogP contribution in [0.3, 0.4) is 0 Å². The van der Waals surface area contributed by atoms with Gasteiger partial charge in [0.2, 0.25) is 0 Å². The molecule has 0 aliphatic carbocycles. The van der Waals surface area contributed by atoms with Gasteiger partial charge in [-0.2, -0.15) is 0 Å². The Morgan fingerprint density at radius 3 is 2.29 bits per heavy atom. The highest BCUT2D eigenvalue weighted by molar-refractivity contribution is 6.43. The molecular formula is C15H15Cl2N3O. The van der Waals surface area contributed by atoms with Gasteiger partial charge in [0.1, 0.15) is 11.3 Å². The van der Waals surface area contributed by atoms with Gasteiger partial charge in [-0.3, -0.25) is 4.79 Å². The first-order valence-electron chi connectivity index (χ1n) is 6.37. The van der Waals surface area contributed by atoms with Gasteiger partial charge >= 0.3 is 0 Å². The molecule has 0 aliphatic rings. The Balaban J connectivity index is 2.19. The van der Waals surface area contributed by atoms with E-state index < -0.39 is 0 Å². The second-order valence-electron chi connectivity index (χ2n) is 5.61. The van der Waals surface area contributed by atoms with Gasteiger partial charge in [-0.15, -0.1) is 0 Å². The number of hydrogen-bond acceptors (Lipinski definition) is 3. The van der Waals surface area contributed by atoms with Crippen molar-refractivity contribution in [2.45, 2.75) is 26.2 Å². The maximum Gasteiger partial charge on any atom is 0.256 e. The second-order valence-corrected chi connectivity index (χ2v) is 6.34. The summed E-state index contributed by atoms with van der Waals surface area (Å²) in [6.45, 7) is 6.35. The molecule has 0 spiro atoms. The van der Waals surface area contributed by atoms with E-state index in [0.29, 0.717) is 5.56 Å². The van der Waals surface area contributed by atoms with Gasteiger partial charge in [0.25, 0.3) is 5.91 Å². The van der Waals surface area contributed by atoms with Crippen LogP contribution >= 0.6 is 23.2 Å². The molecule has 1 aromatic carbocycles. The van der Waals surface area contributed by atoms with Crippen molar-refractivity contribution in [2.75, 3.05) is 5.32 Å². The highest BCUT2D eigenvalue weighted by Crippen LogP contribution is 2.26. The van der Waals surface area contributed by atoms with Crippen LogP contribution in [0.4, 0.5) is 5.82 Å². The van der Waals surface area contributed by atoms with Crippen LogP contribution in [0.15, 0.2) is 30.6 Å². The highest BCUT2D eigenvalue weighted by atomic mass is 35.5. The molecule has 4 nitrogen and oxygen atoms in total. The zero-order valence-corrected chi connectivity index (χ0v) is 13.5. The molecule has 1 N–H and O–H groups in total. The number of rotatable bonds is 2. The minimum atomic E-state index is -0.299. The third kappa shape index (κ3) is 3.71. The molecule has 0 saturated carbocycles. The van der Waals surface area contributed by atoms with Crippen LogP contribution in [-0.2, 0) is 5.41 Å². The number of anilines is 1. The summed E-state index contributed by atoms with van der Waals surface area (Å²) in [7, 11) is 0. The lowest BCUT2D eigenvalue weighted by Crippen LogP contribution is -2.15. The van der Waals surface area contributed by atoms with Gasteiger partial charge in [-0.1, -0.05) is 56.1 Å². The Labute approximate surface area is 133 Å². The zero-order chi connectivity index (χ0) is 15.6. The number of nitrogens with one attached hydrogen (secondary N) is 1. The van der Waals surface area contributed by atoms with Crippen LogP contribution in [0.5, 0.6) is 0 Å². The zero-order valence-electron chi connectivity index (χ0n) is 11.9. The standard InChI is InChI=1S/C15H15Cl2N3O/c1-15(2,3)10-6-4-9(5-7-10)14(21)20-13-11(16)12(17)18-8-19-13/h4-8H,1-3H3,(H,18,19,20,21). The van der Waals surface area contributed by atoms with E-state index in [1.54, 1.807) is 12.1 Å². The molecule has 21 heavy (non-hydrogen) atoms. The van der Waals surface area contributed by atoms with E-state index in [4.69, 9.17) is 23.2 Å². The number of nitrogens with zero attached hydrogens (tertiary/aromatic N) is 2. The van der Waals surface area contributed by atoms with Crippen molar-refractivity contribution in [3.05, 3.63) is 51.9 Å². The summed E-state index contributed by atoms with van der Waals surface area (Å²) in [6, 6.07) is 7.41. The third-order valence-electron chi connectivity index (χ3n) is 2.99. The summed E-state index contributed by atoms with van der Waals surface area (Å²) >= 11 is 11.7. The molecule has 6 heteroatoms. The van der Waals surface area contributed by atoms with Crippen LogP contribution < -0.4 is 5.32 Å². The molecule has 110 valence electrons. The molecule has 0 saturated heterocycles. The van der Waals surface area contributed by atoms with E-state index in [-0.39, 0.29) is 27.3 Å². The van der Waals surface area contributed by atoms with E-state index >= 15 is 0 Å². The van der Waals surface area contributed by atoms with Gasteiger partial charge in [0.05, 0.1) is 0 Å². The fourth-order valence-corrected chi connectivity index (χ4v) is 2.01. The molecule has 2 aromatic rings. The van der Waals surface area contributed by atoms with Crippen molar-refractivity contribution >= 4 is 34.9 Å². The topological polar surface area (TPSA) is 54.9 Å². The van der Waals surface area contributed by atoms with Crippen LogP contribution in [0, 0.1) is 0 Å². The molecule has 0 radical (unpaired) electrons. The number of benzene rings is 1. The summed E-state index contributed by atoms with van der Waals surface area (Å²) in [6.07, 6.45) is 1.24. The van der Waals surface area contributed by atoms with Crippen molar-refractivity contribution in [3.63, 3.8) is 0 Å². The average molecular weight is 324 g/mol. The maximum absolute atomic E-state index is 12.2. The Morgan fingerprint density at radius 1 is 1.10 bits per heavy atom. The maximum atomic E-state index is 12.2. The van der Waals surface area contributed by atoms with Crippen molar-refractivity contribution in [1.82, 2.24) is 9.97 Å². The van der Waals surface area contributed by atoms with Gasteiger partial charge in [-0.05, 0) is 23.1 Å². The predicted octanol–water partition coefficient (Wildman–Crippen LogP) is 4.33. The minimum absolute atomic E-state index is 0.0402. The highest BCUT2D eigenvalue weighted by Gasteiger charge is 2.15. The van der Waals surface area contributed by atoms with E-state index in [2.05, 4.69) is 36.1 Å². The smallest absolute Gasteiger partial charge is 0.256 e. The van der Waals surface area contributed by atoms with Crippen LogP contribution in [-0.4, -0.2) is 15.9 Å². The Kier molecular flexibility index (Phi) is 4.49. The number of carbonyl (C=O) groups excluding carboxylic acids is 1. The number of carbonyl (C=O) groups is 1. The molecule has 2 rings (SSSR count). The van der Waals surface area contributed by atoms with Crippen LogP contribution in [0.2, 0.25) is 10.2 Å². The van der Waals surface area contributed by atoms with Crippen molar-refractivity contribution in [2.24, 2.45) is 0 Å². The minimum Gasteiger partial charge on any atom is -0.305 e. The fraction of sp³-hybridized carbons (Fsp3) is 0.267.